The highest BCUT2D eigenvalue weighted by atomic mass is 16.1. The van der Waals surface area contributed by atoms with E-state index in [0.717, 1.165) is 30.0 Å². The Kier molecular flexibility index (Phi) is 3.32. The summed E-state index contributed by atoms with van der Waals surface area (Å²) in [5, 5.41) is 2.92. The number of hydrogen-bond donors (Lipinski definition) is 2. The molecule has 3 rings (SSSR count). The van der Waals surface area contributed by atoms with Gasteiger partial charge in [0, 0.05) is 24.7 Å². The topological polar surface area (TPSA) is 58.4 Å². The van der Waals surface area contributed by atoms with Crippen LogP contribution >= 0.6 is 0 Å². The van der Waals surface area contributed by atoms with Gasteiger partial charge in [-0.1, -0.05) is 13.8 Å². The predicted octanol–water partition coefficient (Wildman–Crippen LogP) is 2.78. The molecule has 108 valence electrons. The third-order valence-electron chi connectivity index (χ3n) is 4.01. The molecule has 1 heterocycles. The van der Waals surface area contributed by atoms with E-state index in [0.29, 0.717) is 18.4 Å². The lowest BCUT2D eigenvalue weighted by molar-refractivity contribution is -0.116. The quantitative estimate of drug-likeness (QED) is 0.829. The summed E-state index contributed by atoms with van der Waals surface area (Å²) in [7, 11) is 0. The van der Waals surface area contributed by atoms with Crippen LogP contribution in [-0.2, 0) is 11.2 Å². The summed E-state index contributed by atoms with van der Waals surface area (Å²) in [5.74, 6) is 0.705. The van der Waals surface area contributed by atoms with Crippen LogP contribution in [0.1, 0.15) is 38.7 Å². The summed E-state index contributed by atoms with van der Waals surface area (Å²) in [5.41, 5.74) is 10.3. The van der Waals surface area contributed by atoms with Crippen LogP contribution in [0.3, 0.4) is 0 Å². The molecule has 0 saturated heterocycles. The number of anilines is 3. The van der Waals surface area contributed by atoms with Gasteiger partial charge in [0.2, 0.25) is 5.91 Å². The first kappa shape index (κ1) is 13.3. The van der Waals surface area contributed by atoms with Crippen molar-refractivity contribution in [3.8, 4) is 0 Å². The number of amides is 1. The van der Waals surface area contributed by atoms with Crippen molar-refractivity contribution in [2.45, 2.75) is 45.6 Å². The number of nitrogen functional groups attached to an aromatic ring is 1. The normalized spacial score (nSPS) is 17.9. The fourth-order valence-electron chi connectivity index (χ4n) is 2.90. The maximum atomic E-state index is 11.5. The fraction of sp³-hybridized carbons (Fsp3) is 0.562. The monoisotopic (exact) mass is 273 g/mol. The minimum Gasteiger partial charge on any atom is -0.397 e. The summed E-state index contributed by atoms with van der Waals surface area (Å²) in [6, 6.07) is 4.76. The standard InChI is InChI=1S/C16H23N3O/c1-10(2)9-19(12-4-5-12)15-7-11-3-6-16(20)18-14(11)8-13(15)17/h7-8,10,12H,3-6,9,17H2,1-2H3,(H,18,20). The van der Waals surface area contributed by atoms with Gasteiger partial charge in [-0.2, -0.15) is 0 Å². The Morgan fingerprint density at radius 1 is 1.35 bits per heavy atom. The molecular weight excluding hydrogens is 250 g/mol. The molecule has 1 fully saturated rings. The summed E-state index contributed by atoms with van der Waals surface area (Å²) < 4.78 is 0. The lowest BCUT2D eigenvalue weighted by Crippen LogP contribution is -2.31. The first-order valence-electron chi connectivity index (χ1n) is 7.53. The second-order valence-electron chi connectivity index (χ2n) is 6.39. The van der Waals surface area contributed by atoms with E-state index in [1.807, 2.05) is 6.07 Å². The van der Waals surface area contributed by atoms with Gasteiger partial charge in [0.25, 0.3) is 0 Å². The summed E-state index contributed by atoms with van der Waals surface area (Å²) in [6.45, 7) is 5.52. The summed E-state index contributed by atoms with van der Waals surface area (Å²) in [4.78, 5) is 13.9. The van der Waals surface area contributed by atoms with Crippen molar-refractivity contribution in [3.05, 3.63) is 17.7 Å². The lowest BCUT2D eigenvalue weighted by Gasteiger charge is -2.30. The maximum Gasteiger partial charge on any atom is 0.224 e. The maximum absolute atomic E-state index is 11.5. The molecule has 1 aliphatic heterocycles. The third kappa shape index (κ3) is 2.60. The minimum absolute atomic E-state index is 0.0888. The third-order valence-corrected chi connectivity index (χ3v) is 4.01. The Bertz CT molecular complexity index is 535. The molecule has 0 unspecified atom stereocenters. The van der Waals surface area contributed by atoms with Crippen LogP contribution in [0.15, 0.2) is 12.1 Å². The zero-order valence-electron chi connectivity index (χ0n) is 12.3. The molecule has 1 aliphatic carbocycles. The minimum atomic E-state index is 0.0888. The highest BCUT2D eigenvalue weighted by Crippen LogP contribution is 2.39. The molecule has 4 nitrogen and oxygen atoms in total. The van der Waals surface area contributed by atoms with E-state index in [-0.39, 0.29) is 5.91 Å². The molecule has 0 radical (unpaired) electrons. The molecule has 1 amide bonds. The Balaban J connectivity index is 1.94. The van der Waals surface area contributed by atoms with Crippen LogP contribution in [0.2, 0.25) is 0 Å². The molecular formula is C16H23N3O. The average Bonchev–Trinajstić information content (AvgIpc) is 3.19. The van der Waals surface area contributed by atoms with E-state index < -0.39 is 0 Å². The highest BCUT2D eigenvalue weighted by Gasteiger charge is 2.31. The van der Waals surface area contributed by atoms with Crippen molar-refractivity contribution in [1.82, 2.24) is 0 Å². The summed E-state index contributed by atoms with van der Waals surface area (Å²) in [6.07, 6.45) is 3.92. The van der Waals surface area contributed by atoms with Crippen molar-refractivity contribution >= 4 is 23.0 Å². The van der Waals surface area contributed by atoms with Gasteiger partial charge in [-0.25, -0.2) is 0 Å². The number of nitrogens with zero attached hydrogens (tertiary/aromatic N) is 1. The molecule has 0 aromatic heterocycles. The highest BCUT2D eigenvalue weighted by molar-refractivity contribution is 5.95. The van der Waals surface area contributed by atoms with Gasteiger partial charge >= 0.3 is 0 Å². The first-order chi connectivity index (χ1) is 9.54. The van der Waals surface area contributed by atoms with Gasteiger partial charge in [-0.3, -0.25) is 4.79 Å². The van der Waals surface area contributed by atoms with E-state index in [1.54, 1.807) is 0 Å². The van der Waals surface area contributed by atoms with Gasteiger partial charge in [0.1, 0.15) is 0 Å². The van der Waals surface area contributed by atoms with E-state index in [1.165, 1.54) is 18.4 Å². The fourth-order valence-corrected chi connectivity index (χ4v) is 2.90. The van der Waals surface area contributed by atoms with Crippen LogP contribution < -0.4 is 16.0 Å². The zero-order valence-corrected chi connectivity index (χ0v) is 12.3. The molecule has 0 bridgehead atoms. The zero-order chi connectivity index (χ0) is 14.3. The van der Waals surface area contributed by atoms with E-state index in [4.69, 9.17) is 5.73 Å². The van der Waals surface area contributed by atoms with Crippen molar-refractivity contribution in [3.63, 3.8) is 0 Å². The molecule has 2 aliphatic rings. The molecule has 1 saturated carbocycles. The predicted molar refractivity (Wildman–Crippen MR) is 83.0 cm³/mol. The van der Waals surface area contributed by atoms with Gasteiger partial charge in [0.15, 0.2) is 0 Å². The number of aryl methyl sites for hydroxylation is 1. The van der Waals surface area contributed by atoms with Crippen molar-refractivity contribution < 1.29 is 4.79 Å². The molecule has 4 heteroatoms. The van der Waals surface area contributed by atoms with E-state index >= 15 is 0 Å². The van der Waals surface area contributed by atoms with Crippen LogP contribution in [-0.4, -0.2) is 18.5 Å². The van der Waals surface area contributed by atoms with Gasteiger partial charge in [-0.05, 0) is 42.9 Å². The lowest BCUT2D eigenvalue weighted by atomic mass is 10.0. The number of carbonyl (C=O) groups excluding carboxylic acids is 1. The smallest absolute Gasteiger partial charge is 0.224 e. The number of fused-ring (bicyclic) bond motifs is 1. The average molecular weight is 273 g/mol. The molecule has 1 aromatic carbocycles. The number of hydrogen-bond acceptors (Lipinski definition) is 3. The molecule has 1 aromatic rings. The number of benzene rings is 1. The molecule has 20 heavy (non-hydrogen) atoms. The molecule has 3 N–H and O–H groups in total. The van der Waals surface area contributed by atoms with Crippen LogP contribution in [0.25, 0.3) is 0 Å². The Labute approximate surface area is 120 Å². The number of rotatable bonds is 4. The Hall–Kier alpha value is -1.71. The van der Waals surface area contributed by atoms with Gasteiger partial charge in [0.05, 0.1) is 11.4 Å². The Morgan fingerprint density at radius 2 is 2.10 bits per heavy atom. The van der Waals surface area contributed by atoms with E-state index in [2.05, 4.69) is 30.1 Å². The van der Waals surface area contributed by atoms with Crippen LogP contribution in [0.4, 0.5) is 17.1 Å². The summed E-state index contributed by atoms with van der Waals surface area (Å²) >= 11 is 0. The number of nitrogens with two attached hydrogens (primary N) is 1. The van der Waals surface area contributed by atoms with Crippen molar-refractivity contribution in [2.24, 2.45) is 5.92 Å². The van der Waals surface area contributed by atoms with Crippen LogP contribution in [0.5, 0.6) is 0 Å². The number of carbonyl (C=O) groups is 1. The van der Waals surface area contributed by atoms with Crippen molar-refractivity contribution in [1.29, 1.82) is 0 Å². The van der Waals surface area contributed by atoms with E-state index in [9.17, 15) is 4.79 Å². The van der Waals surface area contributed by atoms with Gasteiger partial charge in [-0.15, -0.1) is 0 Å². The van der Waals surface area contributed by atoms with Crippen LogP contribution in [0, 0.1) is 5.92 Å². The SMILES string of the molecule is CC(C)CN(c1cc2c(cc1N)NC(=O)CC2)C1CC1. The number of nitrogens with one attached hydrogen (secondary N) is 1. The van der Waals surface area contributed by atoms with Crippen molar-refractivity contribution in [2.75, 3.05) is 22.5 Å². The first-order valence-corrected chi connectivity index (χ1v) is 7.53. The second-order valence-corrected chi connectivity index (χ2v) is 6.39. The second kappa shape index (κ2) is 5.00. The Morgan fingerprint density at radius 3 is 2.75 bits per heavy atom. The van der Waals surface area contributed by atoms with Gasteiger partial charge < -0.3 is 16.0 Å². The molecule has 0 spiro atoms. The largest absolute Gasteiger partial charge is 0.397 e. The molecule has 0 atom stereocenters.